The fraction of sp³-hybridized carbons (Fsp3) is 0.294. The van der Waals surface area contributed by atoms with E-state index in [0.29, 0.717) is 18.7 Å². The summed E-state index contributed by atoms with van der Waals surface area (Å²) < 4.78 is 43.0. The van der Waals surface area contributed by atoms with Gasteiger partial charge in [-0.25, -0.2) is 4.98 Å². The molecule has 138 valence electrons. The number of hydrogen-bond acceptors (Lipinski definition) is 5. The molecule has 1 fully saturated rings. The second-order valence-corrected chi connectivity index (χ2v) is 5.85. The normalized spacial score (nSPS) is 20.0. The van der Waals surface area contributed by atoms with Crippen molar-refractivity contribution < 1.29 is 27.8 Å². The van der Waals surface area contributed by atoms with E-state index in [1.54, 1.807) is 6.07 Å². The summed E-state index contributed by atoms with van der Waals surface area (Å²) in [6.07, 6.45) is -3.22. The summed E-state index contributed by atoms with van der Waals surface area (Å²) >= 11 is 0. The highest BCUT2D eigenvalue weighted by atomic mass is 19.4. The van der Waals surface area contributed by atoms with Gasteiger partial charge in [-0.05, 0) is 36.8 Å². The molecule has 1 saturated heterocycles. The number of halogens is 3. The van der Waals surface area contributed by atoms with E-state index in [1.807, 2.05) is 0 Å². The molecule has 1 aliphatic heterocycles. The number of benzene rings is 1. The third-order valence-corrected chi connectivity index (χ3v) is 3.83. The highest BCUT2D eigenvalue weighted by Crippen LogP contribution is 2.31. The molecule has 1 aromatic carbocycles. The van der Waals surface area contributed by atoms with Crippen LogP contribution in [0.5, 0.6) is 11.6 Å². The summed E-state index contributed by atoms with van der Waals surface area (Å²) in [5.41, 5.74) is -0.320. The number of hydrogen-bond donors (Lipinski definition) is 3. The SMILES string of the molecule is O=C(Nc1ccc(Oc2ccc(C(F)(F)F)cc2)nc1)C1CC(O)CN1. The fourth-order valence-electron chi connectivity index (χ4n) is 2.49. The van der Waals surface area contributed by atoms with Gasteiger partial charge in [0.05, 0.1) is 29.6 Å². The minimum Gasteiger partial charge on any atom is -0.439 e. The van der Waals surface area contributed by atoms with Crippen LogP contribution in [-0.4, -0.2) is 34.7 Å². The Hall–Kier alpha value is -2.65. The molecule has 1 amide bonds. The highest BCUT2D eigenvalue weighted by molar-refractivity contribution is 5.94. The van der Waals surface area contributed by atoms with Crippen LogP contribution in [0, 0.1) is 0 Å². The van der Waals surface area contributed by atoms with Crippen molar-refractivity contribution in [2.75, 3.05) is 11.9 Å². The number of anilines is 1. The van der Waals surface area contributed by atoms with Crippen molar-refractivity contribution in [3.05, 3.63) is 48.2 Å². The summed E-state index contributed by atoms with van der Waals surface area (Å²) in [6.45, 7) is 0.371. The lowest BCUT2D eigenvalue weighted by atomic mass is 10.2. The summed E-state index contributed by atoms with van der Waals surface area (Å²) in [4.78, 5) is 16.0. The predicted molar refractivity (Wildman–Crippen MR) is 86.8 cm³/mol. The largest absolute Gasteiger partial charge is 0.439 e. The molecule has 1 aromatic heterocycles. The lowest BCUT2D eigenvalue weighted by Gasteiger charge is -2.11. The quantitative estimate of drug-likeness (QED) is 0.774. The molecule has 26 heavy (non-hydrogen) atoms. The first-order valence-electron chi connectivity index (χ1n) is 7.85. The Morgan fingerprint density at radius 2 is 1.96 bits per heavy atom. The van der Waals surface area contributed by atoms with Crippen molar-refractivity contribution in [3.8, 4) is 11.6 Å². The zero-order valence-electron chi connectivity index (χ0n) is 13.5. The first-order valence-corrected chi connectivity index (χ1v) is 7.85. The maximum absolute atomic E-state index is 12.5. The van der Waals surface area contributed by atoms with Crippen molar-refractivity contribution in [3.63, 3.8) is 0 Å². The monoisotopic (exact) mass is 367 g/mol. The van der Waals surface area contributed by atoms with E-state index in [4.69, 9.17) is 4.74 Å². The lowest BCUT2D eigenvalue weighted by Crippen LogP contribution is -2.35. The van der Waals surface area contributed by atoms with E-state index in [-0.39, 0.29) is 17.5 Å². The Morgan fingerprint density at radius 1 is 1.23 bits per heavy atom. The molecule has 0 saturated carbocycles. The van der Waals surface area contributed by atoms with Crippen LogP contribution in [-0.2, 0) is 11.0 Å². The Balaban J connectivity index is 1.58. The number of carbonyl (C=O) groups excluding carboxylic acids is 1. The second kappa shape index (κ2) is 7.30. The van der Waals surface area contributed by atoms with Gasteiger partial charge in [-0.3, -0.25) is 4.79 Å². The molecule has 0 radical (unpaired) electrons. The molecule has 9 heteroatoms. The minimum absolute atomic E-state index is 0.178. The van der Waals surface area contributed by atoms with Crippen molar-refractivity contribution >= 4 is 11.6 Å². The Bertz CT molecular complexity index is 764. The number of aliphatic hydroxyl groups is 1. The standard InChI is InChI=1S/C17H16F3N3O3/c18-17(19,20)10-1-4-13(5-2-10)26-15-6-3-11(8-22-15)23-16(25)14-7-12(24)9-21-14/h1-6,8,12,14,21,24H,7,9H2,(H,23,25). The number of β-amino-alcohol motifs (C(OH)–C–C–N with tert-alkyl or cyclic N) is 1. The van der Waals surface area contributed by atoms with Gasteiger partial charge in [0.15, 0.2) is 0 Å². The number of rotatable bonds is 4. The average Bonchev–Trinajstić information content (AvgIpc) is 3.03. The number of nitrogens with one attached hydrogen (secondary N) is 2. The molecule has 2 heterocycles. The molecule has 1 aliphatic rings. The maximum atomic E-state index is 12.5. The van der Waals surface area contributed by atoms with E-state index >= 15 is 0 Å². The van der Waals surface area contributed by atoms with Gasteiger partial charge in [0.1, 0.15) is 5.75 Å². The van der Waals surface area contributed by atoms with Crippen LogP contribution in [0.4, 0.5) is 18.9 Å². The van der Waals surface area contributed by atoms with Crippen LogP contribution in [0.2, 0.25) is 0 Å². The Morgan fingerprint density at radius 3 is 2.50 bits per heavy atom. The van der Waals surface area contributed by atoms with Gasteiger partial charge in [0.2, 0.25) is 11.8 Å². The van der Waals surface area contributed by atoms with E-state index in [0.717, 1.165) is 12.1 Å². The molecule has 3 rings (SSSR count). The molecule has 0 aliphatic carbocycles. The van der Waals surface area contributed by atoms with Crippen molar-refractivity contribution in [2.45, 2.75) is 24.7 Å². The van der Waals surface area contributed by atoms with Gasteiger partial charge in [-0.2, -0.15) is 13.2 Å². The molecule has 2 atom stereocenters. The number of nitrogens with zero attached hydrogens (tertiary/aromatic N) is 1. The third kappa shape index (κ3) is 4.50. The molecule has 3 N–H and O–H groups in total. The zero-order valence-corrected chi connectivity index (χ0v) is 13.5. The number of aromatic nitrogens is 1. The van der Waals surface area contributed by atoms with Gasteiger partial charge >= 0.3 is 6.18 Å². The fourth-order valence-corrected chi connectivity index (χ4v) is 2.49. The molecular weight excluding hydrogens is 351 g/mol. The minimum atomic E-state index is -4.40. The number of pyridine rings is 1. The van der Waals surface area contributed by atoms with E-state index in [2.05, 4.69) is 15.6 Å². The van der Waals surface area contributed by atoms with Crippen LogP contribution in [0.25, 0.3) is 0 Å². The van der Waals surface area contributed by atoms with Gasteiger partial charge < -0.3 is 20.5 Å². The maximum Gasteiger partial charge on any atom is 0.416 e. The van der Waals surface area contributed by atoms with Crippen LogP contribution in [0.3, 0.4) is 0 Å². The smallest absolute Gasteiger partial charge is 0.416 e. The van der Waals surface area contributed by atoms with Gasteiger partial charge in [-0.1, -0.05) is 0 Å². The van der Waals surface area contributed by atoms with E-state index in [9.17, 15) is 23.1 Å². The van der Waals surface area contributed by atoms with Crippen molar-refractivity contribution in [1.29, 1.82) is 0 Å². The molecule has 2 unspecified atom stereocenters. The molecule has 2 aromatic rings. The number of aliphatic hydroxyl groups excluding tert-OH is 1. The zero-order chi connectivity index (χ0) is 18.7. The third-order valence-electron chi connectivity index (χ3n) is 3.83. The lowest BCUT2D eigenvalue weighted by molar-refractivity contribution is -0.137. The van der Waals surface area contributed by atoms with Crippen LogP contribution < -0.4 is 15.4 Å². The van der Waals surface area contributed by atoms with Gasteiger partial charge in [-0.15, -0.1) is 0 Å². The Kier molecular flexibility index (Phi) is 5.10. The Labute approximate surface area is 147 Å². The van der Waals surface area contributed by atoms with E-state index in [1.165, 1.54) is 24.4 Å². The van der Waals surface area contributed by atoms with Crippen molar-refractivity contribution in [1.82, 2.24) is 10.3 Å². The average molecular weight is 367 g/mol. The first kappa shape index (κ1) is 18.2. The van der Waals surface area contributed by atoms with Crippen LogP contribution in [0.15, 0.2) is 42.6 Å². The molecule has 0 bridgehead atoms. The summed E-state index contributed by atoms with van der Waals surface area (Å²) in [5.74, 6) is 0.114. The summed E-state index contributed by atoms with van der Waals surface area (Å²) in [6, 6.07) is 6.85. The van der Waals surface area contributed by atoms with Gasteiger partial charge in [0, 0.05) is 12.6 Å². The van der Waals surface area contributed by atoms with Crippen LogP contribution in [0.1, 0.15) is 12.0 Å². The van der Waals surface area contributed by atoms with Crippen molar-refractivity contribution in [2.24, 2.45) is 0 Å². The van der Waals surface area contributed by atoms with Gasteiger partial charge in [0.25, 0.3) is 0 Å². The predicted octanol–water partition coefficient (Wildman–Crippen LogP) is 2.55. The first-order chi connectivity index (χ1) is 12.3. The second-order valence-electron chi connectivity index (χ2n) is 5.85. The summed E-state index contributed by atoms with van der Waals surface area (Å²) in [5, 5.41) is 15.0. The van der Waals surface area contributed by atoms with E-state index < -0.39 is 23.9 Å². The molecular formula is C17H16F3N3O3. The summed E-state index contributed by atoms with van der Waals surface area (Å²) in [7, 11) is 0. The number of amides is 1. The number of ether oxygens (including phenoxy) is 1. The number of carbonyl (C=O) groups is 1. The number of alkyl halides is 3. The van der Waals surface area contributed by atoms with Crippen LogP contribution >= 0.6 is 0 Å². The topological polar surface area (TPSA) is 83.5 Å². The molecule has 0 spiro atoms. The highest BCUT2D eigenvalue weighted by Gasteiger charge is 2.30. The molecule has 6 nitrogen and oxygen atoms in total.